The number of rotatable bonds is 6. The molecule has 0 aromatic heterocycles. The molecule has 5 nitrogen and oxygen atoms in total. The van der Waals surface area contributed by atoms with Crippen LogP contribution < -0.4 is 6.15 Å². The van der Waals surface area contributed by atoms with Gasteiger partial charge in [-0.05, 0) is 26.7 Å². The first-order chi connectivity index (χ1) is 7.62. The van der Waals surface area contributed by atoms with Crippen molar-refractivity contribution in [2.75, 3.05) is 13.2 Å². The van der Waals surface area contributed by atoms with Gasteiger partial charge in [-0.15, -0.1) is 0 Å². The molecule has 3 N–H and O–H groups in total. The average molecular weight is 245 g/mol. The molecular weight excluding hydrogens is 222 g/mol. The zero-order valence-electron chi connectivity index (χ0n) is 11.2. The molecule has 5 heteroatoms. The lowest BCUT2D eigenvalue weighted by molar-refractivity contribution is -0.142. The van der Waals surface area contributed by atoms with Gasteiger partial charge in [0.05, 0.1) is 13.2 Å². The van der Waals surface area contributed by atoms with E-state index in [1.807, 2.05) is 13.8 Å². The second-order valence-corrected chi connectivity index (χ2v) is 3.11. The highest BCUT2D eigenvalue weighted by Gasteiger charge is 2.19. The zero-order valence-corrected chi connectivity index (χ0v) is 11.2. The zero-order chi connectivity index (χ0) is 12.6. The van der Waals surface area contributed by atoms with Crippen molar-refractivity contribution >= 4 is 11.9 Å². The van der Waals surface area contributed by atoms with Gasteiger partial charge in [0.1, 0.15) is 0 Å². The predicted molar refractivity (Wildman–Crippen MR) is 65.9 cm³/mol. The molecule has 0 spiro atoms. The van der Waals surface area contributed by atoms with E-state index in [-0.39, 0.29) is 6.15 Å². The molecule has 0 unspecified atom stereocenters. The van der Waals surface area contributed by atoms with Gasteiger partial charge in [-0.2, -0.15) is 0 Å². The number of carbonyl (C=O) groups is 2. The topological polar surface area (TPSA) is 87.6 Å². The van der Waals surface area contributed by atoms with Gasteiger partial charge in [-0.25, -0.2) is 9.59 Å². The summed E-state index contributed by atoms with van der Waals surface area (Å²) >= 11 is 0. The molecule has 0 aliphatic carbocycles. The number of hydrogen-bond acceptors (Lipinski definition) is 5. The van der Waals surface area contributed by atoms with Crippen molar-refractivity contribution in [3.8, 4) is 0 Å². The summed E-state index contributed by atoms with van der Waals surface area (Å²) < 4.78 is 9.80. The van der Waals surface area contributed by atoms with Gasteiger partial charge in [0, 0.05) is 11.1 Å². The molecule has 0 aliphatic rings. The van der Waals surface area contributed by atoms with E-state index < -0.39 is 11.9 Å². The molecule has 0 aromatic rings. The molecule has 100 valence electrons. The first-order valence-corrected chi connectivity index (χ1v) is 5.68. The summed E-state index contributed by atoms with van der Waals surface area (Å²) in [5.74, 6) is -0.843. The highest BCUT2D eigenvalue weighted by Crippen LogP contribution is 2.16. The van der Waals surface area contributed by atoms with Crippen molar-refractivity contribution < 1.29 is 19.1 Å². The maximum atomic E-state index is 11.6. The van der Waals surface area contributed by atoms with E-state index in [1.165, 1.54) is 0 Å². The van der Waals surface area contributed by atoms with Crippen LogP contribution in [-0.4, -0.2) is 25.2 Å². The van der Waals surface area contributed by atoms with Crippen LogP contribution in [0.3, 0.4) is 0 Å². The molecule has 0 rings (SSSR count). The van der Waals surface area contributed by atoms with Crippen LogP contribution >= 0.6 is 0 Å². The van der Waals surface area contributed by atoms with Gasteiger partial charge in [-0.3, -0.25) is 0 Å². The molecule has 0 saturated heterocycles. The van der Waals surface area contributed by atoms with E-state index in [0.717, 1.165) is 0 Å². The van der Waals surface area contributed by atoms with Crippen LogP contribution in [-0.2, 0) is 19.1 Å². The standard InChI is InChI=1S/C12H20O4.H3N/c1-5-9(11(13)15-7-3)10(6-2)12(14)16-8-4;/h5-8H2,1-4H3;1H3/b10-9+;. The lowest BCUT2D eigenvalue weighted by Crippen LogP contribution is -2.16. The van der Waals surface area contributed by atoms with Gasteiger partial charge in [-0.1, -0.05) is 13.8 Å². The minimum Gasteiger partial charge on any atom is -0.463 e. The smallest absolute Gasteiger partial charge is 0.334 e. The van der Waals surface area contributed by atoms with E-state index in [0.29, 0.717) is 37.2 Å². The molecule has 0 amide bonds. The molecule has 0 radical (unpaired) electrons. The Morgan fingerprint density at radius 2 is 1.06 bits per heavy atom. The Kier molecular flexibility index (Phi) is 10.4. The highest BCUT2D eigenvalue weighted by molar-refractivity contribution is 6.00. The number of carbonyl (C=O) groups excluding carboxylic acids is 2. The lowest BCUT2D eigenvalue weighted by atomic mass is 10.0. The van der Waals surface area contributed by atoms with Gasteiger partial charge in [0.15, 0.2) is 0 Å². The molecule has 0 fully saturated rings. The molecule has 0 aromatic carbocycles. The SMILES string of the molecule is CCOC(=O)/C(CC)=C(\CC)C(=O)OCC.N. The van der Waals surface area contributed by atoms with Crippen LogP contribution in [0.5, 0.6) is 0 Å². The van der Waals surface area contributed by atoms with E-state index in [4.69, 9.17) is 9.47 Å². The van der Waals surface area contributed by atoms with Gasteiger partial charge < -0.3 is 15.6 Å². The largest absolute Gasteiger partial charge is 0.463 e. The Morgan fingerprint density at radius 1 is 0.765 bits per heavy atom. The maximum absolute atomic E-state index is 11.6. The highest BCUT2D eigenvalue weighted by atomic mass is 16.5. The first kappa shape index (κ1) is 18.0. The van der Waals surface area contributed by atoms with Crippen molar-refractivity contribution in [1.82, 2.24) is 6.15 Å². The monoisotopic (exact) mass is 245 g/mol. The van der Waals surface area contributed by atoms with Crippen LogP contribution in [0.2, 0.25) is 0 Å². The molecule has 0 bridgehead atoms. The second-order valence-electron chi connectivity index (χ2n) is 3.11. The molecule has 0 atom stereocenters. The number of hydrogen-bond donors (Lipinski definition) is 1. The van der Waals surface area contributed by atoms with Crippen molar-refractivity contribution in [1.29, 1.82) is 0 Å². The molecular formula is C12H23NO4. The Balaban J connectivity index is 0. The minimum absolute atomic E-state index is 0. The molecule has 0 aliphatic heterocycles. The average Bonchev–Trinajstić information content (AvgIpc) is 2.25. The van der Waals surface area contributed by atoms with Gasteiger partial charge in [0.25, 0.3) is 0 Å². The molecule has 17 heavy (non-hydrogen) atoms. The fraction of sp³-hybridized carbons (Fsp3) is 0.667. The quantitative estimate of drug-likeness (QED) is 0.573. The Labute approximate surface area is 103 Å². The van der Waals surface area contributed by atoms with Gasteiger partial charge >= 0.3 is 11.9 Å². The van der Waals surface area contributed by atoms with Crippen LogP contribution in [0, 0.1) is 0 Å². The Morgan fingerprint density at radius 3 is 1.24 bits per heavy atom. The number of esters is 2. The van der Waals surface area contributed by atoms with Crippen LogP contribution in [0.15, 0.2) is 11.1 Å². The summed E-state index contributed by atoms with van der Waals surface area (Å²) in [5.41, 5.74) is 0.839. The van der Waals surface area contributed by atoms with Crippen molar-refractivity contribution in [3.63, 3.8) is 0 Å². The lowest BCUT2D eigenvalue weighted by Gasteiger charge is -2.10. The van der Waals surface area contributed by atoms with E-state index >= 15 is 0 Å². The summed E-state index contributed by atoms with van der Waals surface area (Å²) in [6.45, 7) is 7.73. The first-order valence-electron chi connectivity index (χ1n) is 5.68. The van der Waals surface area contributed by atoms with Crippen molar-refractivity contribution in [2.45, 2.75) is 40.5 Å². The van der Waals surface area contributed by atoms with Crippen LogP contribution in [0.1, 0.15) is 40.5 Å². The summed E-state index contributed by atoms with van der Waals surface area (Å²) in [4.78, 5) is 23.2. The van der Waals surface area contributed by atoms with Crippen molar-refractivity contribution in [3.05, 3.63) is 11.1 Å². The van der Waals surface area contributed by atoms with Gasteiger partial charge in [0.2, 0.25) is 0 Å². The van der Waals surface area contributed by atoms with E-state index in [1.54, 1.807) is 13.8 Å². The number of ether oxygens (including phenoxy) is 2. The van der Waals surface area contributed by atoms with E-state index in [2.05, 4.69) is 0 Å². The second kappa shape index (κ2) is 9.84. The molecule has 0 saturated carbocycles. The summed E-state index contributed by atoms with van der Waals surface area (Å²) in [5, 5.41) is 0. The van der Waals surface area contributed by atoms with Crippen LogP contribution in [0.25, 0.3) is 0 Å². The normalized spacial score (nSPS) is 11.1. The maximum Gasteiger partial charge on any atom is 0.334 e. The van der Waals surface area contributed by atoms with Crippen LogP contribution in [0.4, 0.5) is 0 Å². The molecule has 0 heterocycles. The Bertz CT molecular complexity index is 256. The third-order valence-corrected chi connectivity index (χ3v) is 2.12. The third-order valence-electron chi connectivity index (χ3n) is 2.12. The van der Waals surface area contributed by atoms with Crippen molar-refractivity contribution in [2.24, 2.45) is 0 Å². The minimum atomic E-state index is -0.421. The summed E-state index contributed by atoms with van der Waals surface area (Å²) in [6, 6.07) is 0. The van der Waals surface area contributed by atoms with E-state index in [9.17, 15) is 9.59 Å². The fourth-order valence-electron chi connectivity index (χ4n) is 1.40. The Hall–Kier alpha value is -1.36. The third kappa shape index (κ3) is 5.49. The summed E-state index contributed by atoms with van der Waals surface area (Å²) in [6.07, 6.45) is 0.946. The fourth-order valence-corrected chi connectivity index (χ4v) is 1.40. The summed E-state index contributed by atoms with van der Waals surface area (Å²) in [7, 11) is 0. The predicted octanol–water partition coefficient (Wildman–Crippen LogP) is 2.39.